The van der Waals surface area contributed by atoms with Gasteiger partial charge in [-0.15, -0.1) is 0 Å². The summed E-state index contributed by atoms with van der Waals surface area (Å²) in [6.07, 6.45) is -0.0556. The SMILES string of the molecule is CCOC(=O)Cc1cc(C)c(C#N)c(OC(F)F)c1. The number of hydrogen-bond donors (Lipinski definition) is 0. The highest BCUT2D eigenvalue weighted by Gasteiger charge is 2.15. The maximum atomic E-state index is 12.3. The lowest BCUT2D eigenvalue weighted by Crippen LogP contribution is -2.09. The number of halogens is 2. The first-order valence-corrected chi connectivity index (χ1v) is 5.62. The van der Waals surface area contributed by atoms with Crippen LogP contribution in [0.1, 0.15) is 23.6 Å². The molecule has 4 nitrogen and oxygen atoms in total. The van der Waals surface area contributed by atoms with E-state index in [1.165, 1.54) is 6.07 Å². The van der Waals surface area contributed by atoms with Crippen LogP contribution in [0.15, 0.2) is 12.1 Å². The number of rotatable bonds is 5. The highest BCUT2D eigenvalue weighted by Crippen LogP contribution is 2.25. The summed E-state index contributed by atoms with van der Waals surface area (Å²) in [5.41, 5.74) is 0.971. The van der Waals surface area contributed by atoms with Gasteiger partial charge in [0, 0.05) is 0 Å². The van der Waals surface area contributed by atoms with Gasteiger partial charge in [0.1, 0.15) is 11.8 Å². The Morgan fingerprint density at radius 3 is 2.68 bits per heavy atom. The maximum Gasteiger partial charge on any atom is 0.387 e. The Hall–Kier alpha value is -2.16. The predicted molar refractivity (Wildman–Crippen MR) is 62.9 cm³/mol. The highest BCUT2D eigenvalue weighted by atomic mass is 19.3. The Kier molecular flexibility index (Phi) is 5.24. The number of carbonyl (C=O) groups is 1. The molecule has 1 aromatic rings. The topological polar surface area (TPSA) is 59.3 Å². The molecule has 0 unspecified atom stereocenters. The monoisotopic (exact) mass is 269 g/mol. The van der Waals surface area contributed by atoms with E-state index < -0.39 is 12.6 Å². The summed E-state index contributed by atoms with van der Waals surface area (Å²) in [6, 6.07) is 4.64. The van der Waals surface area contributed by atoms with E-state index in [0.717, 1.165) is 0 Å². The van der Waals surface area contributed by atoms with E-state index in [1.807, 2.05) is 0 Å². The second-order valence-corrected chi connectivity index (χ2v) is 3.76. The largest absolute Gasteiger partial charge is 0.466 e. The summed E-state index contributed by atoms with van der Waals surface area (Å²) in [5.74, 6) is -0.689. The van der Waals surface area contributed by atoms with E-state index in [0.29, 0.717) is 11.1 Å². The minimum atomic E-state index is -3.02. The van der Waals surface area contributed by atoms with Crippen molar-refractivity contribution in [3.05, 3.63) is 28.8 Å². The lowest BCUT2D eigenvalue weighted by molar-refractivity contribution is -0.142. The maximum absolute atomic E-state index is 12.3. The van der Waals surface area contributed by atoms with Crippen molar-refractivity contribution in [2.45, 2.75) is 26.9 Å². The first-order chi connectivity index (χ1) is 8.97. The highest BCUT2D eigenvalue weighted by molar-refractivity contribution is 5.73. The van der Waals surface area contributed by atoms with Crippen LogP contribution >= 0.6 is 0 Å². The number of ether oxygens (including phenoxy) is 2. The number of nitriles is 1. The van der Waals surface area contributed by atoms with Crippen LogP contribution in [0.5, 0.6) is 5.75 Å². The number of alkyl halides is 2. The van der Waals surface area contributed by atoms with Crippen LogP contribution in [0, 0.1) is 18.3 Å². The molecule has 0 saturated heterocycles. The average molecular weight is 269 g/mol. The molecule has 0 aliphatic heterocycles. The minimum absolute atomic E-state index is 0.0351. The molecule has 0 bridgehead atoms. The van der Waals surface area contributed by atoms with Crippen molar-refractivity contribution < 1.29 is 23.0 Å². The molecule has 1 aromatic carbocycles. The fourth-order valence-corrected chi connectivity index (χ4v) is 1.64. The Morgan fingerprint density at radius 2 is 2.16 bits per heavy atom. The minimum Gasteiger partial charge on any atom is -0.466 e. The molecule has 0 aromatic heterocycles. The zero-order chi connectivity index (χ0) is 14.4. The molecule has 6 heteroatoms. The van der Waals surface area contributed by atoms with E-state index in [1.54, 1.807) is 26.0 Å². The van der Waals surface area contributed by atoms with Crippen molar-refractivity contribution in [2.24, 2.45) is 0 Å². The zero-order valence-corrected chi connectivity index (χ0v) is 10.6. The lowest BCUT2D eigenvalue weighted by atomic mass is 10.0. The van der Waals surface area contributed by atoms with Gasteiger partial charge < -0.3 is 9.47 Å². The van der Waals surface area contributed by atoms with Crippen LogP contribution in [0.4, 0.5) is 8.78 Å². The summed E-state index contributed by atoms with van der Waals surface area (Å²) in [4.78, 5) is 11.3. The van der Waals surface area contributed by atoms with E-state index in [9.17, 15) is 13.6 Å². The van der Waals surface area contributed by atoms with E-state index in [4.69, 9.17) is 10.00 Å². The van der Waals surface area contributed by atoms with Gasteiger partial charge in [-0.2, -0.15) is 14.0 Å². The number of nitrogens with zero attached hydrogens (tertiary/aromatic N) is 1. The van der Waals surface area contributed by atoms with Gasteiger partial charge in [0.2, 0.25) is 0 Å². The molecular formula is C13H13F2NO3. The molecule has 0 aliphatic rings. The molecule has 102 valence electrons. The van der Waals surface area contributed by atoms with Crippen molar-refractivity contribution in [3.8, 4) is 11.8 Å². The van der Waals surface area contributed by atoms with Gasteiger partial charge >= 0.3 is 12.6 Å². The lowest BCUT2D eigenvalue weighted by Gasteiger charge is -2.11. The van der Waals surface area contributed by atoms with Gasteiger partial charge in [-0.3, -0.25) is 4.79 Å². The Morgan fingerprint density at radius 1 is 1.47 bits per heavy atom. The van der Waals surface area contributed by atoms with Crippen molar-refractivity contribution in [1.82, 2.24) is 0 Å². The Bertz CT molecular complexity index is 509. The van der Waals surface area contributed by atoms with Gasteiger partial charge in [-0.05, 0) is 31.0 Å². The summed E-state index contributed by atoms with van der Waals surface area (Å²) in [6.45, 7) is 0.483. The van der Waals surface area contributed by atoms with Crippen molar-refractivity contribution in [1.29, 1.82) is 5.26 Å². The quantitative estimate of drug-likeness (QED) is 0.771. The van der Waals surface area contributed by atoms with Gasteiger partial charge in [0.25, 0.3) is 0 Å². The van der Waals surface area contributed by atoms with Crippen LogP contribution in [-0.4, -0.2) is 19.2 Å². The zero-order valence-electron chi connectivity index (χ0n) is 10.6. The average Bonchev–Trinajstić information content (AvgIpc) is 2.27. The molecule has 1 rings (SSSR count). The van der Waals surface area contributed by atoms with Crippen LogP contribution < -0.4 is 4.74 Å². The fraction of sp³-hybridized carbons (Fsp3) is 0.385. The third-order valence-electron chi connectivity index (χ3n) is 2.34. The van der Waals surface area contributed by atoms with Crippen LogP contribution in [0.25, 0.3) is 0 Å². The van der Waals surface area contributed by atoms with Crippen molar-refractivity contribution >= 4 is 5.97 Å². The predicted octanol–water partition coefficient (Wildman–Crippen LogP) is 2.57. The van der Waals surface area contributed by atoms with Crippen LogP contribution in [-0.2, 0) is 16.0 Å². The second kappa shape index (κ2) is 6.69. The second-order valence-electron chi connectivity index (χ2n) is 3.76. The number of aryl methyl sites for hydroxylation is 1. The molecule has 0 N–H and O–H groups in total. The molecule has 0 atom stereocenters. The molecule has 0 saturated carbocycles. The molecule has 19 heavy (non-hydrogen) atoms. The summed E-state index contributed by atoms with van der Waals surface area (Å²) in [5, 5.41) is 8.90. The van der Waals surface area contributed by atoms with Crippen LogP contribution in [0.2, 0.25) is 0 Å². The van der Waals surface area contributed by atoms with Crippen molar-refractivity contribution in [2.75, 3.05) is 6.61 Å². The number of hydrogen-bond acceptors (Lipinski definition) is 4. The Balaban J connectivity index is 3.05. The summed E-state index contributed by atoms with van der Waals surface area (Å²) < 4.78 is 33.6. The molecule has 0 heterocycles. The van der Waals surface area contributed by atoms with Gasteiger partial charge in [0.05, 0.1) is 18.6 Å². The third-order valence-corrected chi connectivity index (χ3v) is 2.34. The van der Waals surface area contributed by atoms with E-state index >= 15 is 0 Å². The first-order valence-electron chi connectivity index (χ1n) is 5.62. The van der Waals surface area contributed by atoms with Gasteiger partial charge in [0.15, 0.2) is 0 Å². The Labute approximate surface area is 109 Å². The van der Waals surface area contributed by atoms with E-state index in [2.05, 4.69) is 4.74 Å². The van der Waals surface area contributed by atoms with E-state index in [-0.39, 0.29) is 24.3 Å². The number of carbonyl (C=O) groups excluding carboxylic acids is 1. The third kappa shape index (κ3) is 4.21. The molecule has 0 radical (unpaired) electrons. The summed E-state index contributed by atoms with van der Waals surface area (Å²) in [7, 11) is 0. The number of esters is 1. The van der Waals surface area contributed by atoms with Gasteiger partial charge in [-0.25, -0.2) is 0 Å². The van der Waals surface area contributed by atoms with Gasteiger partial charge in [-0.1, -0.05) is 6.07 Å². The number of benzene rings is 1. The van der Waals surface area contributed by atoms with Crippen molar-refractivity contribution in [3.63, 3.8) is 0 Å². The molecule has 0 fully saturated rings. The fourth-order valence-electron chi connectivity index (χ4n) is 1.64. The normalized spacial score (nSPS) is 10.1. The smallest absolute Gasteiger partial charge is 0.387 e. The first kappa shape index (κ1) is 14.9. The van der Waals surface area contributed by atoms with Crippen LogP contribution in [0.3, 0.4) is 0 Å². The summed E-state index contributed by atoms with van der Waals surface area (Å²) >= 11 is 0. The standard InChI is InChI=1S/C13H13F2NO3/c1-3-18-12(17)6-9-4-8(2)10(7-16)11(5-9)19-13(14)15/h4-5,13H,3,6H2,1-2H3. The molecule has 0 amide bonds. The molecule has 0 aliphatic carbocycles. The molecular weight excluding hydrogens is 256 g/mol. The molecule has 0 spiro atoms.